The molecule has 0 amide bonds. The van der Waals surface area contributed by atoms with Gasteiger partial charge in [-0.2, -0.15) is 0 Å². The van der Waals surface area contributed by atoms with Gasteiger partial charge in [0.05, 0.1) is 66.2 Å². The van der Waals surface area contributed by atoms with Crippen LogP contribution in [0.25, 0.3) is 209 Å². The molecule has 0 aliphatic carbocycles. The van der Waals surface area contributed by atoms with Crippen molar-refractivity contribution >= 4 is 175 Å². The van der Waals surface area contributed by atoms with E-state index in [1.54, 1.807) is 0 Å². The molecule has 0 aliphatic heterocycles. The van der Waals surface area contributed by atoms with Crippen LogP contribution in [-0.4, -0.2) is 27.4 Å². The average Bonchev–Trinajstić information content (AvgIpc) is 1.56. The minimum Gasteiger partial charge on any atom is -0.456 e. The molecular formula is C112H78N6O2. The first-order chi connectivity index (χ1) is 59.2. The van der Waals surface area contributed by atoms with E-state index in [-0.39, 0.29) is 0 Å². The molecule has 0 saturated carbocycles. The largest absolute Gasteiger partial charge is 0.456 e. The van der Waals surface area contributed by atoms with Crippen LogP contribution in [0.4, 0.5) is 0 Å². The molecule has 0 saturated heterocycles. The molecule has 0 radical (unpaired) electrons. The standard InChI is InChI=1S/2C31H22N2.2C25H17NO/c1-21-10-9-13-23(18-21)33-29-17-8-6-15-25(29)27-19-26-24-14-5-7-16-28(24)32(30(26)20-31(27)33)22-11-3-2-4-12-22;1-21-15-17-23(18-16-21)33-29-14-8-6-12-25(29)27-19-26-24-11-5-7-13-28(24)32(30(26)20-31(27)33)22-9-3-2-4-10-22;1-16-7-6-8-17(13-16)26-22-11-4-2-9-18(22)20-14-21-19-10-3-5-12-24(19)27-25(21)15-23(20)26;1-16-10-12-17(13-11-16)26-22-8-4-2-6-18(22)20-14-21-19-7-3-5-9-24(19)27-25(21)15-23(20)26/h2*2-20H,1H3;2*2-15H,1H3. The summed E-state index contributed by atoms with van der Waals surface area (Å²) in [5.74, 6) is 0. The highest BCUT2D eigenvalue weighted by molar-refractivity contribution is 6.23. The topological polar surface area (TPSA) is 55.9 Å². The average molecular weight is 1540 g/mol. The van der Waals surface area contributed by atoms with E-state index in [0.717, 1.165) is 22.3 Å². The Morgan fingerprint density at radius 1 is 0.133 bits per heavy atom. The molecule has 0 atom stereocenters. The zero-order valence-electron chi connectivity index (χ0n) is 66.6. The number of rotatable bonds is 6. The Hall–Kier alpha value is -15.6. The van der Waals surface area contributed by atoms with Crippen LogP contribution in [-0.2, 0) is 0 Å². The molecule has 8 heterocycles. The summed E-state index contributed by atoms with van der Waals surface area (Å²) in [6.45, 7) is 8.54. The number of benzene rings is 18. The molecule has 0 spiro atoms. The van der Waals surface area contributed by atoms with Crippen molar-refractivity contribution in [1.29, 1.82) is 0 Å². The van der Waals surface area contributed by atoms with Gasteiger partial charge in [0.2, 0.25) is 0 Å². The first kappa shape index (κ1) is 69.8. The smallest absolute Gasteiger partial charge is 0.137 e. The highest BCUT2D eigenvalue weighted by Crippen LogP contribution is 2.45. The maximum atomic E-state index is 6.16. The number of para-hydroxylation sites is 10. The van der Waals surface area contributed by atoms with Crippen molar-refractivity contribution in [2.75, 3.05) is 0 Å². The van der Waals surface area contributed by atoms with Crippen molar-refractivity contribution in [2.45, 2.75) is 27.7 Å². The molecule has 8 heteroatoms. The van der Waals surface area contributed by atoms with Gasteiger partial charge >= 0.3 is 0 Å². The Bertz CT molecular complexity index is 8570. The molecule has 8 nitrogen and oxygen atoms in total. The molecule has 0 bridgehead atoms. The van der Waals surface area contributed by atoms with Crippen molar-refractivity contribution in [3.05, 3.63) is 423 Å². The van der Waals surface area contributed by atoms with Gasteiger partial charge in [0.1, 0.15) is 22.3 Å². The predicted octanol–water partition coefficient (Wildman–Crippen LogP) is 30.4. The van der Waals surface area contributed by atoms with E-state index in [1.807, 2.05) is 24.3 Å². The summed E-state index contributed by atoms with van der Waals surface area (Å²) in [4.78, 5) is 0. The van der Waals surface area contributed by atoms with Crippen molar-refractivity contribution < 1.29 is 8.83 Å². The second kappa shape index (κ2) is 28.1. The number of hydrogen-bond acceptors (Lipinski definition) is 2. The van der Waals surface area contributed by atoms with Gasteiger partial charge in [-0.1, -0.05) is 242 Å². The van der Waals surface area contributed by atoms with Gasteiger partial charge in [0.15, 0.2) is 0 Å². The molecule has 26 aromatic rings. The van der Waals surface area contributed by atoms with Crippen molar-refractivity contribution in [3.8, 4) is 34.1 Å². The molecule has 0 aliphatic rings. The fourth-order valence-corrected chi connectivity index (χ4v) is 19.0. The third-order valence-corrected chi connectivity index (χ3v) is 24.4. The maximum absolute atomic E-state index is 6.16. The van der Waals surface area contributed by atoms with Gasteiger partial charge < -0.3 is 36.2 Å². The quantitative estimate of drug-likeness (QED) is 0.167. The number of hydrogen-bond donors (Lipinski definition) is 0. The molecular weight excluding hydrogens is 1460 g/mol. The van der Waals surface area contributed by atoms with E-state index < -0.39 is 0 Å². The zero-order chi connectivity index (χ0) is 79.8. The van der Waals surface area contributed by atoms with Crippen LogP contribution in [0.1, 0.15) is 22.3 Å². The Morgan fingerprint density at radius 2 is 0.367 bits per heavy atom. The Kier molecular flexibility index (Phi) is 16.3. The summed E-state index contributed by atoms with van der Waals surface area (Å²) in [7, 11) is 0. The molecule has 568 valence electrons. The summed E-state index contributed by atoms with van der Waals surface area (Å²) in [5.41, 5.74) is 30.5. The minimum atomic E-state index is 0.930. The predicted molar refractivity (Wildman–Crippen MR) is 505 cm³/mol. The molecule has 120 heavy (non-hydrogen) atoms. The summed E-state index contributed by atoms with van der Waals surface area (Å²) >= 11 is 0. The van der Waals surface area contributed by atoms with Crippen LogP contribution in [0.3, 0.4) is 0 Å². The van der Waals surface area contributed by atoms with Crippen molar-refractivity contribution in [1.82, 2.24) is 27.4 Å². The fourth-order valence-electron chi connectivity index (χ4n) is 19.0. The number of aromatic nitrogens is 6. The third-order valence-electron chi connectivity index (χ3n) is 24.4. The van der Waals surface area contributed by atoms with E-state index in [1.165, 1.54) is 209 Å². The van der Waals surface area contributed by atoms with Crippen LogP contribution in [0.2, 0.25) is 0 Å². The summed E-state index contributed by atoms with van der Waals surface area (Å²) in [6.07, 6.45) is 0. The van der Waals surface area contributed by atoms with Crippen LogP contribution < -0.4 is 0 Å². The Morgan fingerprint density at radius 3 is 0.667 bits per heavy atom. The van der Waals surface area contributed by atoms with Crippen LogP contribution in [0, 0.1) is 27.7 Å². The van der Waals surface area contributed by atoms with Crippen molar-refractivity contribution in [3.63, 3.8) is 0 Å². The SMILES string of the molecule is Cc1ccc(-n2c3ccccc3c3cc4c(cc32)oc2ccccc24)cc1.Cc1ccc(-n2c3ccccc3c3cc4c5ccccc5n(-c5ccccc5)c4cc32)cc1.Cc1cccc(-n2c3ccccc3c3cc4c(cc32)oc2ccccc24)c1.Cc1cccc(-n2c3ccccc3c3cc4c5ccccc5n(-c5ccccc5)c4cc32)c1. The summed E-state index contributed by atoms with van der Waals surface area (Å²) in [6, 6.07) is 143. The molecule has 18 aromatic carbocycles. The lowest BCUT2D eigenvalue weighted by Crippen LogP contribution is -1.96. The summed E-state index contributed by atoms with van der Waals surface area (Å²) in [5, 5.41) is 20.0. The molecule has 0 unspecified atom stereocenters. The van der Waals surface area contributed by atoms with Gasteiger partial charge in [-0.25, -0.2) is 0 Å². The van der Waals surface area contributed by atoms with Gasteiger partial charge in [0.25, 0.3) is 0 Å². The van der Waals surface area contributed by atoms with E-state index in [4.69, 9.17) is 8.83 Å². The van der Waals surface area contributed by atoms with E-state index in [2.05, 4.69) is 431 Å². The molecule has 26 rings (SSSR count). The zero-order valence-corrected chi connectivity index (χ0v) is 66.6. The van der Waals surface area contributed by atoms with Gasteiger partial charge in [-0.05, 0) is 197 Å². The first-order valence-electron chi connectivity index (χ1n) is 41.2. The maximum Gasteiger partial charge on any atom is 0.137 e. The lowest BCUT2D eigenvalue weighted by atomic mass is 10.1. The van der Waals surface area contributed by atoms with E-state index >= 15 is 0 Å². The minimum absolute atomic E-state index is 0.930. The molecule has 0 N–H and O–H groups in total. The molecule has 0 fully saturated rings. The van der Waals surface area contributed by atoms with E-state index in [0.29, 0.717) is 0 Å². The van der Waals surface area contributed by atoms with Gasteiger partial charge in [0, 0.05) is 132 Å². The van der Waals surface area contributed by atoms with Crippen molar-refractivity contribution in [2.24, 2.45) is 0 Å². The lowest BCUT2D eigenvalue weighted by Gasteiger charge is -2.10. The second-order valence-corrected chi connectivity index (χ2v) is 31.8. The second-order valence-electron chi connectivity index (χ2n) is 31.8. The van der Waals surface area contributed by atoms with Crippen LogP contribution in [0.15, 0.2) is 409 Å². The monoisotopic (exact) mass is 1540 g/mol. The van der Waals surface area contributed by atoms with Crippen LogP contribution >= 0.6 is 0 Å². The summed E-state index contributed by atoms with van der Waals surface area (Å²) < 4.78 is 26.6. The number of furan rings is 2. The van der Waals surface area contributed by atoms with E-state index in [9.17, 15) is 0 Å². The van der Waals surface area contributed by atoms with Gasteiger partial charge in [-0.15, -0.1) is 0 Å². The highest BCUT2D eigenvalue weighted by atomic mass is 16.3. The van der Waals surface area contributed by atoms with Gasteiger partial charge in [-0.3, -0.25) is 0 Å². The molecule has 8 aromatic heterocycles. The highest BCUT2D eigenvalue weighted by Gasteiger charge is 2.24. The number of nitrogens with zero attached hydrogens (tertiary/aromatic N) is 6. The Labute approximate surface area is 690 Å². The first-order valence-corrected chi connectivity index (χ1v) is 41.2. The van der Waals surface area contributed by atoms with Crippen LogP contribution in [0.5, 0.6) is 0 Å². The number of fused-ring (bicyclic) bond motifs is 24. The number of aryl methyl sites for hydroxylation is 4. The third kappa shape index (κ3) is 11.4. The normalized spacial score (nSPS) is 11.8. The lowest BCUT2D eigenvalue weighted by molar-refractivity contribution is 0.669. The Balaban J connectivity index is 0.0000000938. The fraction of sp³-hybridized carbons (Fsp3) is 0.0357.